The van der Waals surface area contributed by atoms with E-state index in [-0.39, 0.29) is 0 Å². The largest absolute Gasteiger partial charge is 0.223 e. The second-order valence-electron chi connectivity index (χ2n) is 29.1. The summed E-state index contributed by atoms with van der Waals surface area (Å²) in [7, 11) is -42.6. The Kier molecular flexibility index (Phi) is 24.3. The molecule has 20 bridgehead atoms. The molecule has 0 spiro atoms. The van der Waals surface area contributed by atoms with Gasteiger partial charge in [0, 0.05) is 107 Å². The van der Waals surface area contributed by atoms with Crippen LogP contribution in [0.2, 0.25) is 0 Å². The molecule has 8 aromatic heterocycles. The number of benzene rings is 12. The number of fused-ring (bicyclic) bond motifs is 4. The topological polar surface area (TPSA) is 115 Å². The SMILES string of the molecule is CC#N.CC#N.F[P-](F)(F)(F)(F)F.F[P-](F)(F)(F)(F)F.F[P-](F)(F)(F)(F)F.F[P-](F)(F)(F)(F)F.c1cc2ccc1C[n+]1ccc(cc1)-c1nc3sc(nc3s1)-c1cc[n+](cc1)Cc1ccc(cc1)C[n+]1ccc(cc1)-c1nc3sc(nc3s1)-c1cc[n+](cc1)C2.c1cc2cccc3c4cccc5cccc(c(c1)c23)c54.c1cc2cccc3c4cccc5cccc(c(c1)c23)c54. The first-order valence-corrected chi connectivity index (χ1v) is 49.1. The summed E-state index contributed by atoms with van der Waals surface area (Å²) in [6.07, 6.45) is 17.1. The Morgan fingerprint density at radius 2 is 0.362 bits per heavy atom. The molecular formula is C88H62F24N10P4S4. The van der Waals surface area contributed by atoms with Crippen molar-refractivity contribution in [3.05, 3.63) is 314 Å². The van der Waals surface area contributed by atoms with Crippen LogP contribution in [0.25, 0.3) is 148 Å². The third kappa shape index (κ3) is 28.5. The van der Waals surface area contributed by atoms with Crippen LogP contribution in [-0.2, 0) is 26.2 Å². The summed E-state index contributed by atoms with van der Waals surface area (Å²) >= 11 is 6.61. The Labute approximate surface area is 736 Å². The van der Waals surface area contributed by atoms with Gasteiger partial charge < -0.3 is 0 Å². The van der Waals surface area contributed by atoms with E-state index in [0.717, 1.165) is 87.8 Å². The van der Waals surface area contributed by atoms with Crippen LogP contribution in [0, 0.1) is 22.7 Å². The maximum atomic E-state index is 9.87. The van der Waals surface area contributed by atoms with E-state index in [1.54, 1.807) is 57.5 Å². The number of nitriles is 2. The summed E-state index contributed by atoms with van der Waals surface area (Å²) < 4.78 is 246. The third-order valence-corrected chi connectivity index (χ3v) is 23.0. The fourth-order valence-electron chi connectivity index (χ4n) is 14.1. The molecule has 130 heavy (non-hydrogen) atoms. The van der Waals surface area contributed by atoms with Crippen LogP contribution in [0.4, 0.5) is 101 Å². The van der Waals surface area contributed by atoms with Crippen molar-refractivity contribution in [2.75, 3.05) is 0 Å². The van der Waals surface area contributed by atoms with Crippen LogP contribution in [-0.4, -0.2) is 19.9 Å². The van der Waals surface area contributed by atoms with Gasteiger partial charge in [0.1, 0.15) is 20.0 Å². The molecule has 0 fully saturated rings. The predicted molar refractivity (Wildman–Crippen MR) is 475 cm³/mol. The molecule has 42 rings (SSSR count). The zero-order valence-corrected chi connectivity index (χ0v) is 73.4. The van der Waals surface area contributed by atoms with E-state index in [9.17, 15) is 101 Å². The average molecular weight is 1970 g/mol. The summed E-state index contributed by atoms with van der Waals surface area (Å²) in [6, 6.07) is 91.4. The molecule has 12 aromatic carbocycles. The molecule has 0 aliphatic carbocycles. The van der Waals surface area contributed by atoms with E-state index >= 15 is 0 Å². The van der Waals surface area contributed by atoms with Crippen LogP contribution in [0.5, 0.6) is 0 Å². The van der Waals surface area contributed by atoms with Crippen LogP contribution in [0.3, 0.4) is 0 Å². The molecule has 22 aliphatic heterocycles. The predicted octanol–water partition coefficient (Wildman–Crippen LogP) is 34.2. The minimum Gasteiger partial charge on any atom is -0.223 e. The number of nitrogens with zero attached hydrogens (tertiary/aromatic N) is 10. The summed E-state index contributed by atoms with van der Waals surface area (Å²) in [5.41, 5.74) is 9.47. The molecule has 22 aliphatic rings. The van der Waals surface area contributed by atoms with Gasteiger partial charge in [0.25, 0.3) is 0 Å². The van der Waals surface area contributed by atoms with Crippen LogP contribution < -0.4 is 18.3 Å². The minimum atomic E-state index is -10.7. The van der Waals surface area contributed by atoms with Gasteiger partial charge in [-0.1, -0.05) is 239 Å². The summed E-state index contributed by atoms with van der Waals surface area (Å²) in [6.45, 7) is 6.07. The van der Waals surface area contributed by atoms with Gasteiger partial charge in [-0.15, -0.1) is 0 Å². The van der Waals surface area contributed by atoms with Crippen molar-refractivity contribution in [2.45, 2.75) is 40.0 Å². The Balaban J connectivity index is 0.000000158. The summed E-state index contributed by atoms with van der Waals surface area (Å²) in [5.74, 6) is 0. The van der Waals surface area contributed by atoms with E-state index in [2.05, 4.69) is 310 Å². The molecule has 676 valence electrons. The Hall–Kier alpha value is -12.1. The molecule has 20 aromatic rings. The Morgan fingerprint density at radius 1 is 0.231 bits per heavy atom. The van der Waals surface area contributed by atoms with Crippen molar-refractivity contribution in [1.29, 1.82) is 10.5 Å². The first kappa shape index (κ1) is 95.5. The van der Waals surface area contributed by atoms with Gasteiger partial charge in [0.15, 0.2) is 95.1 Å². The zero-order chi connectivity index (χ0) is 94.3. The molecule has 0 amide bonds. The first-order chi connectivity index (χ1) is 60.1. The monoisotopic (exact) mass is 1970 g/mol. The van der Waals surface area contributed by atoms with Gasteiger partial charge in [-0.2, -0.15) is 10.5 Å². The van der Waals surface area contributed by atoms with E-state index in [1.165, 1.54) is 122 Å². The molecule has 0 radical (unpaired) electrons. The standard InChI is InChI=1S/C44H32N8S4.2C20H12.2C2H3N.4F6P/c1-2-30-4-3-29(1)25-49-17-9-33(10-18-49)37-45-41-42(53-37)47-39(55-41)35-13-21-51(22-14-35)27-31-5-7-32(8-6-31)28-52-23-15-36(16-24-52)40-48-44-43(56-40)46-38(54-44)34-11-19-50(26-30)20-12-34;2*1-5-13-6-2-11-17-18-12-4-8-14-7-3-10-16(20(14)18)15(9-1)19(13)17;2*1-2-3;4*1-7(2,3,4,5)6/h1-24H,25-28H2;2*1-12H;2*1H3;;;;/q+4;;;;;4*-1. The number of rotatable bonds is 0. The van der Waals surface area contributed by atoms with Gasteiger partial charge in [-0.05, 0) is 86.2 Å². The van der Waals surface area contributed by atoms with Crippen LogP contribution >= 0.6 is 76.6 Å². The molecule has 0 atom stereocenters. The van der Waals surface area contributed by atoms with Gasteiger partial charge in [0.2, 0.25) is 0 Å². The molecule has 42 heteroatoms. The zero-order valence-electron chi connectivity index (χ0n) is 66.5. The molecule has 30 heterocycles. The molecule has 10 nitrogen and oxygen atoms in total. The number of aromatic nitrogens is 8. The molecule has 0 saturated carbocycles. The van der Waals surface area contributed by atoms with Crippen molar-refractivity contribution >= 4 is 182 Å². The summed E-state index contributed by atoms with van der Waals surface area (Å²) in [5, 5.41) is 40.4. The number of hydrogen-bond acceptors (Lipinski definition) is 10. The van der Waals surface area contributed by atoms with Gasteiger partial charge in [-0.25, -0.2) is 38.2 Å². The average Bonchev–Trinajstić information content (AvgIpc) is 0.886. The van der Waals surface area contributed by atoms with Crippen molar-refractivity contribution < 1.29 is 119 Å². The van der Waals surface area contributed by atoms with Gasteiger partial charge >= 0.3 is 132 Å². The molecule has 0 saturated heterocycles. The second kappa shape index (κ2) is 33.1. The third-order valence-electron chi connectivity index (χ3n) is 18.8. The summed E-state index contributed by atoms with van der Waals surface area (Å²) in [4.78, 5) is 23.8. The number of pyridine rings is 4. The number of hydrogen-bond donors (Lipinski definition) is 0. The normalized spacial score (nSPS) is 14.3. The van der Waals surface area contributed by atoms with Gasteiger partial charge in [-0.3, -0.25) is 0 Å². The maximum absolute atomic E-state index is 10.7. The van der Waals surface area contributed by atoms with Gasteiger partial charge in [0.05, 0.1) is 12.1 Å². The molecule has 0 N–H and O–H groups in total. The Morgan fingerprint density at radius 3 is 0.492 bits per heavy atom. The van der Waals surface area contributed by atoms with Crippen molar-refractivity contribution in [3.8, 4) is 54.4 Å². The quantitative estimate of drug-likeness (QED) is 0.0491. The van der Waals surface area contributed by atoms with Crippen LogP contribution in [0.1, 0.15) is 36.1 Å². The second-order valence-corrected chi connectivity index (χ2v) is 40.7. The van der Waals surface area contributed by atoms with E-state index in [1.807, 2.05) is 0 Å². The Bertz CT molecular complexity index is 6510. The van der Waals surface area contributed by atoms with Crippen molar-refractivity contribution in [1.82, 2.24) is 19.9 Å². The number of halogens is 24. The van der Waals surface area contributed by atoms with Crippen molar-refractivity contribution in [2.24, 2.45) is 0 Å². The van der Waals surface area contributed by atoms with Crippen molar-refractivity contribution in [3.63, 3.8) is 0 Å². The van der Waals surface area contributed by atoms with E-state index in [4.69, 9.17) is 30.5 Å². The fraction of sp³-hybridized carbons (Fsp3) is 0.0682. The van der Waals surface area contributed by atoms with Crippen LogP contribution in [0.15, 0.2) is 292 Å². The fourth-order valence-corrected chi connectivity index (χ4v) is 18.2. The smallest absolute Gasteiger partial charge is 0.173 e. The first-order valence-electron chi connectivity index (χ1n) is 37.7. The van der Waals surface area contributed by atoms with E-state index < -0.39 is 31.2 Å². The maximum Gasteiger partial charge on any atom is 0.173 e. The molecule has 0 unspecified atom stereocenters. The van der Waals surface area contributed by atoms with E-state index in [0.29, 0.717) is 0 Å². The minimum absolute atomic E-state index is 0.802. The number of thiazole rings is 4. The molecular weight excluding hydrogens is 1910 g/mol.